The molecule has 1 aromatic heterocycles. The molecule has 0 radical (unpaired) electrons. The molecular formula is C9H7BrO2. The lowest BCUT2D eigenvalue weighted by molar-refractivity contribution is 0.410. The van der Waals surface area contributed by atoms with Crippen molar-refractivity contribution in [1.82, 2.24) is 0 Å². The fraction of sp³-hybridized carbons (Fsp3) is 0.111. The highest BCUT2D eigenvalue weighted by Crippen LogP contribution is 2.30. The number of halogens is 1. The normalized spacial score (nSPS) is 10.5. The molecule has 2 rings (SSSR count). The summed E-state index contributed by atoms with van der Waals surface area (Å²) in [6.07, 6.45) is 1.65. The predicted molar refractivity (Wildman–Crippen MR) is 50.5 cm³/mol. The van der Waals surface area contributed by atoms with Gasteiger partial charge in [0.15, 0.2) is 11.3 Å². The summed E-state index contributed by atoms with van der Waals surface area (Å²) >= 11 is 3.39. The third kappa shape index (κ3) is 1.10. The second-order valence-corrected chi connectivity index (χ2v) is 3.36. The number of hydrogen-bond acceptors (Lipinski definition) is 2. The predicted octanol–water partition coefficient (Wildman–Crippen LogP) is 3.20. The largest absolute Gasteiger partial charge is 0.493 e. The zero-order valence-corrected chi connectivity index (χ0v) is 8.09. The molecular weight excluding hydrogens is 220 g/mol. The third-order valence-electron chi connectivity index (χ3n) is 1.70. The molecule has 0 aliphatic carbocycles. The maximum atomic E-state index is 5.25. The lowest BCUT2D eigenvalue weighted by Gasteiger charge is -2.00. The van der Waals surface area contributed by atoms with Crippen molar-refractivity contribution in [3.05, 3.63) is 28.9 Å². The smallest absolute Gasteiger partial charge is 0.175 e. The minimum absolute atomic E-state index is 0.754. The number of benzene rings is 1. The van der Waals surface area contributed by atoms with Crippen molar-refractivity contribution >= 4 is 26.9 Å². The molecule has 62 valence electrons. The van der Waals surface area contributed by atoms with Crippen molar-refractivity contribution in [2.75, 3.05) is 7.11 Å². The molecule has 0 aliphatic heterocycles. The van der Waals surface area contributed by atoms with Crippen molar-refractivity contribution in [2.45, 2.75) is 0 Å². The standard InChI is InChI=1S/C9H7BrO2/c1-11-8-5-7(10)4-6-2-3-12-9(6)8/h2-5H,1H3. The maximum absolute atomic E-state index is 5.25. The van der Waals surface area contributed by atoms with Gasteiger partial charge in [0.25, 0.3) is 0 Å². The fourth-order valence-corrected chi connectivity index (χ4v) is 1.62. The summed E-state index contributed by atoms with van der Waals surface area (Å²) in [5.41, 5.74) is 0.792. The Bertz CT molecular complexity index is 406. The Morgan fingerprint density at radius 1 is 1.42 bits per heavy atom. The topological polar surface area (TPSA) is 22.4 Å². The Morgan fingerprint density at radius 3 is 3.00 bits per heavy atom. The Kier molecular flexibility index (Phi) is 1.81. The van der Waals surface area contributed by atoms with Crippen LogP contribution < -0.4 is 4.74 Å². The van der Waals surface area contributed by atoms with Crippen molar-refractivity contribution in [3.63, 3.8) is 0 Å². The van der Waals surface area contributed by atoms with Gasteiger partial charge in [-0.15, -0.1) is 0 Å². The highest BCUT2D eigenvalue weighted by atomic mass is 79.9. The quantitative estimate of drug-likeness (QED) is 0.746. The lowest BCUT2D eigenvalue weighted by atomic mass is 10.2. The zero-order valence-electron chi connectivity index (χ0n) is 6.50. The van der Waals surface area contributed by atoms with Crippen molar-refractivity contribution < 1.29 is 9.15 Å². The second kappa shape index (κ2) is 2.83. The molecule has 0 N–H and O–H groups in total. The van der Waals surface area contributed by atoms with Gasteiger partial charge in [0.2, 0.25) is 0 Å². The molecule has 0 fully saturated rings. The Labute approximate surface area is 78.3 Å². The number of fused-ring (bicyclic) bond motifs is 1. The van der Waals surface area contributed by atoms with Gasteiger partial charge in [0, 0.05) is 9.86 Å². The summed E-state index contributed by atoms with van der Waals surface area (Å²) in [5.74, 6) is 0.754. The van der Waals surface area contributed by atoms with E-state index in [1.165, 1.54) is 0 Å². The summed E-state index contributed by atoms with van der Waals surface area (Å²) in [7, 11) is 1.63. The fourth-order valence-electron chi connectivity index (χ4n) is 1.17. The summed E-state index contributed by atoms with van der Waals surface area (Å²) in [4.78, 5) is 0. The summed E-state index contributed by atoms with van der Waals surface area (Å²) < 4.78 is 11.4. The number of rotatable bonds is 1. The minimum atomic E-state index is 0.754. The second-order valence-electron chi connectivity index (χ2n) is 2.45. The van der Waals surface area contributed by atoms with Crippen LogP contribution in [-0.4, -0.2) is 7.11 Å². The molecule has 0 aliphatic rings. The average Bonchev–Trinajstić information content (AvgIpc) is 2.50. The van der Waals surface area contributed by atoms with Crippen molar-refractivity contribution in [3.8, 4) is 5.75 Å². The molecule has 0 bridgehead atoms. The molecule has 2 nitrogen and oxygen atoms in total. The van der Waals surface area contributed by atoms with Crippen LogP contribution in [0.1, 0.15) is 0 Å². The molecule has 0 saturated heterocycles. The van der Waals surface area contributed by atoms with E-state index in [-0.39, 0.29) is 0 Å². The third-order valence-corrected chi connectivity index (χ3v) is 2.16. The van der Waals surface area contributed by atoms with Gasteiger partial charge in [-0.05, 0) is 18.2 Å². The highest BCUT2D eigenvalue weighted by molar-refractivity contribution is 9.10. The molecule has 0 unspecified atom stereocenters. The van der Waals surface area contributed by atoms with Crippen molar-refractivity contribution in [1.29, 1.82) is 0 Å². The molecule has 2 aromatic rings. The van der Waals surface area contributed by atoms with Gasteiger partial charge >= 0.3 is 0 Å². The van der Waals surface area contributed by atoms with E-state index in [1.54, 1.807) is 13.4 Å². The molecule has 0 spiro atoms. The van der Waals surface area contributed by atoms with Gasteiger partial charge in [0.05, 0.1) is 13.4 Å². The van der Waals surface area contributed by atoms with Gasteiger partial charge in [-0.3, -0.25) is 0 Å². The first-order valence-electron chi connectivity index (χ1n) is 3.52. The first kappa shape index (κ1) is 7.68. The van der Waals surface area contributed by atoms with Crippen LogP contribution in [0.15, 0.2) is 33.4 Å². The molecule has 1 aromatic carbocycles. The Balaban J connectivity index is 2.80. The molecule has 0 amide bonds. The van der Waals surface area contributed by atoms with E-state index < -0.39 is 0 Å². The van der Waals surface area contributed by atoms with Crippen LogP contribution in [0.3, 0.4) is 0 Å². The zero-order chi connectivity index (χ0) is 8.55. The van der Waals surface area contributed by atoms with E-state index in [4.69, 9.17) is 9.15 Å². The summed E-state index contributed by atoms with van der Waals surface area (Å²) in [5, 5.41) is 1.04. The molecule has 3 heteroatoms. The van der Waals surface area contributed by atoms with Gasteiger partial charge in [-0.1, -0.05) is 15.9 Å². The lowest BCUT2D eigenvalue weighted by Crippen LogP contribution is -1.82. The van der Waals surface area contributed by atoms with E-state index >= 15 is 0 Å². The summed E-state index contributed by atoms with van der Waals surface area (Å²) in [6, 6.07) is 5.77. The number of furan rings is 1. The molecule has 0 saturated carbocycles. The number of methoxy groups -OCH3 is 1. The van der Waals surface area contributed by atoms with Crippen LogP contribution in [0.2, 0.25) is 0 Å². The summed E-state index contributed by atoms with van der Waals surface area (Å²) in [6.45, 7) is 0. The molecule has 12 heavy (non-hydrogen) atoms. The maximum Gasteiger partial charge on any atom is 0.175 e. The molecule has 1 heterocycles. The van der Waals surface area contributed by atoms with Gasteiger partial charge < -0.3 is 9.15 Å². The number of hydrogen-bond donors (Lipinski definition) is 0. The van der Waals surface area contributed by atoms with Crippen LogP contribution in [0.5, 0.6) is 5.75 Å². The monoisotopic (exact) mass is 226 g/mol. The first-order valence-corrected chi connectivity index (χ1v) is 4.31. The van der Waals surface area contributed by atoms with Crippen LogP contribution in [0.25, 0.3) is 11.0 Å². The van der Waals surface area contributed by atoms with E-state index in [0.29, 0.717) is 0 Å². The van der Waals surface area contributed by atoms with Crippen LogP contribution >= 0.6 is 15.9 Å². The van der Waals surface area contributed by atoms with Crippen LogP contribution in [0.4, 0.5) is 0 Å². The SMILES string of the molecule is COc1cc(Br)cc2ccoc12. The first-order chi connectivity index (χ1) is 5.81. The van der Waals surface area contributed by atoms with Gasteiger partial charge in [-0.25, -0.2) is 0 Å². The Hall–Kier alpha value is -0.960. The van der Waals surface area contributed by atoms with Crippen molar-refractivity contribution in [2.24, 2.45) is 0 Å². The minimum Gasteiger partial charge on any atom is -0.493 e. The van der Waals surface area contributed by atoms with E-state index in [2.05, 4.69) is 15.9 Å². The van der Waals surface area contributed by atoms with E-state index in [0.717, 1.165) is 21.2 Å². The van der Waals surface area contributed by atoms with Crippen LogP contribution in [-0.2, 0) is 0 Å². The van der Waals surface area contributed by atoms with Gasteiger partial charge in [0.1, 0.15) is 0 Å². The number of ether oxygens (including phenoxy) is 1. The van der Waals surface area contributed by atoms with E-state index in [1.807, 2.05) is 18.2 Å². The van der Waals surface area contributed by atoms with Crippen LogP contribution in [0, 0.1) is 0 Å². The van der Waals surface area contributed by atoms with Gasteiger partial charge in [-0.2, -0.15) is 0 Å². The molecule has 0 atom stereocenters. The highest BCUT2D eigenvalue weighted by Gasteiger charge is 2.05. The Morgan fingerprint density at radius 2 is 2.25 bits per heavy atom. The van der Waals surface area contributed by atoms with E-state index in [9.17, 15) is 0 Å². The average molecular weight is 227 g/mol.